The largest absolute Gasteiger partial charge is 0.493 e. The second-order valence-corrected chi connectivity index (χ2v) is 9.29. The van der Waals surface area contributed by atoms with Crippen LogP contribution in [0.1, 0.15) is 42.3 Å². The molecule has 0 N–H and O–H groups in total. The molecule has 1 unspecified atom stereocenters. The predicted molar refractivity (Wildman–Crippen MR) is 142 cm³/mol. The van der Waals surface area contributed by atoms with Crippen molar-refractivity contribution in [2.45, 2.75) is 38.4 Å². The Balaban J connectivity index is 1.44. The molecule has 3 heterocycles. The molecular weight excluding hydrogens is 450 g/mol. The molecule has 2 aromatic heterocycles. The summed E-state index contributed by atoms with van der Waals surface area (Å²) in [6.07, 6.45) is 7.38. The molecule has 186 valence electrons. The molecule has 0 bridgehead atoms. The Labute approximate surface area is 212 Å². The summed E-state index contributed by atoms with van der Waals surface area (Å²) in [7, 11) is 5.39. The SMILES string of the molecule is COc1ccc(CN(C)c2nc(CN3CCCCC3c3cccnc3)nc3ccccc23)cc1OC. The van der Waals surface area contributed by atoms with Crippen LogP contribution < -0.4 is 14.4 Å². The highest BCUT2D eigenvalue weighted by atomic mass is 16.5. The fourth-order valence-corrected chi connectivity index (χ4v) is 5.11. The molecule has 2 aromatic carbocycles. The fourth-order valence-electron chi connectivity index (χ4n) is 5.11. The van der Waals surface area contributed by atoms with E-state index in [1.54, 1.807) is 14.2 Å². The van der Waals surface area contributed by atoms with Crippen LogP contribution in [-0.4, -0.2) is 47.7 Å². The summed E-state index contributed by atoms with van der Waals surface area (Å²) >= 11 is 0. The second-order valence-electron chi connectivity index (χ2n) is 9.29. The number of hydrogen-bond acceptors (Lipinski definition) is 7. The van der Waals surface area contributed by atoms with E-state index >= 15 is 0 Å². The van der Waals surface area contributed by atoms with Crippen LogP contribution in [0.4, 0.5) is 5.82 Å². The van der Waals surface area contributed by atoms with Crippen LogP contribution in [0.15, 0.2) is 67.0 Å². The van der Waals surface area contributed by atoms with Crippen molar-refractivity contribution in [1.29, 1.82) is 0 Å². The van der Waals surface area contributed by atoms with E-state index in [4.69, 9.17) is 19.4 Å². The van der Waals surface area contributed by atoms with Gasteiger partial charge in [-0.25, -0.2) is 9.97 Å². The standard InChI is InChI=1S/C29H33N5O2/c1-33(19-21-13-14-26(35-2)27(17-21)36-3)29-23-10-4-5-11-24(23)31-28(32-29)20-34-16-7-6-12-25(34)22-9-8-15-30-18-22/h4-5,8-11,13-15,17-18,25H,6-7,12,16,19-20H2,1-3H3. The maximum absolute atomic E-state index is 5.51. The molecule has 0 amide bonds. The van der Waals surface area contributed by atoms with Gasteiger partial charge in [0.15, 0.2) is 11.5 Å². The molecule has 1 atom stereocenters. The maximum atomic E-state index is 5.51. The lowest BCUT2D eigenvalue weighted by Gasteiger charge is -2.35. The summed E-state index contributed by atoms with van der Waals surface area (Å²) < 4.78 is 10.9. The number of anilines is 1. The summed E-state index contributed by atoms with van der Waals surface area (Å²) in [6, 6.07) is 18.8. The summed E-state index contributed by atoms with van der Waals surface area (Å²) in [5.41, 5.74) is 3.35. The van der Waals surface area contributed by atoms with Crippen molar-refractivity contribution in [3.63, 3.8) is 0 Å². The van der Waals surface area contributed by atoms with E-state index in [9.17, 15) is 0 Å². The van der Waals surface area contributed by atoms with E-state index < -0.39 is 0 Å². The number of nitrogens with zero attached hydrogens (tertiary/aromatic N) is 5. The molecule has 5 rings (SSSR count). The van der Waals surface area contributed by atoms with Gasteiger partial charge < -0.3 is 14.4 Å². The first-order valence-corrected chi connectivity index (χ1v) is 12.5. The number of methoxy groups -OCH3 is 2. The lowest BCUT2D eigenvalue weighted by molar-refractivity contribution is 0.137. The smallest absolute Gasteiger partial charge is 0.161 e. The molecule has 0 spiro atoms. The summed E-state index contributed by atoms with van der Waals surface area (Å²) in [5, 5.41) is 1.05. The maximum Gasteiger partial charge on any atom is 0.161 e. The highest BCUT2D eigenvalue weighted by Crippen LogP contribution is 2.33. The number of rotatable bonds is 8. The number of fused-ring (bicyclic) bond motifs is 1. The van der Waals surface area contributed by atoms with Crippen LogP contribution in [0.2, 0.25) is 0 Å². The second kappa shape index (κ2) is 10.9. The van der Waals surface area contributed by atoms with Gasteiger partial charge >= 0.3 is 0 Å². The molecule has 0 aliphatic carbocycles. The number of hydrogen-bond donors (Lipinski definition) is 0. The van der Waals surface area contributed by atoms with E-state index in [1.807, 2.05) is 42.7 Å². The summed E-state index contributed by atoms with van der Waals surface area (Å²) in [5.74, 6) is 3.23. The van der Waals surface area contributed by atoms with E-state index in [2.05, 4.69) is 46.1 Å². The first-order chi connectivity index (χ1) is 17.7. The number of aromatic nitrogens is 3. The Morgan fingerprint density at radius 3 is 2.64 bits per heavy atom. The van der Waals surface area contributed by atoms with Gasteiger partial charge in [-0.2, -0.15) is 0 Å². The minimum atomic E-state index is 0.343. The van der Waals surface area contributed by atoms with Crippen molar-refractivity contribution in [2.75, 3.05) is 32.7 Å². The minimum absolute atomic E-state index is 0.343. The normalized spacial score (nSPS) is 16.1. The lowest BCUT2D eigenvalue weighted by Crippen LogP contribution is -2.33. The number of benzene rings is 2. The average molecular weight is 484 g/mol. The van der Waals surface area contributed by atoms with Crippen molar-refractivity contribution >= 4 is 16.7 Å². The number of pyridine rings is 1. The van der Waals surface area contributed by atoms with E-state index in [0.29, 0.717) is 19.1 Å². The first-order valence-electron chi connectivity index (χ1n) is 12.5. The minimum Gasteiger partial charge on any atom is -0.493 e. The van der Waals surface area contributed by atoms with Gasteiger partial charge in [0.05, 0.1) is 26.3 Å². The Morgan fingerprint density at radius 1 is 0.972 bits per heavy atom. The van der Waals surface area contributed by atoms with Gasteiger partial charge in [0.2, 0.25) is 0 Å². The van der Waals surface area contributed by atoms with Gasteiger partial charge in [0, 0.05) is 37.4 Å². The number of piperidine rings is 1. The molecule has 1 aliphatic rings. The molecule has 7 nitrogen and oxygen atoms in total. The van der Waals surface area contributed by atoms with Crippen LogP contribution in [0.5, 0.6) is 11.5 Å². The highest BCUT2D eigenvalue weighted by molar-refractivity contribution is 5.89. The van der Waals surface area contributed by atoms with Crippen molar-refractivity contribution in [1.82, 2.24) is 19.9 Å². The van der Waals surface area contributed by atoms with E-state index in [1.165, 1.54) is 18.4 Å². The Morgan fingerprint density at radius 2 is 1.83 bits per heavy atom. The average Bonchev–Trinajstić information content (AvgIpc) is 2.93. The van der Waals surface area contributed by atoms with Crippen LogP contribution >= 0.6 is 0 Å². The van der Waals surface area contributed by atoms with Crippen LogP contribution in [-0.2, 0) is 13.1 Å². The number of likely N-dealkylation sites (tertiary alicyclic amines) is 1. The number of para-hydroxylation sites is 1. The highest BCUT2D eigenvalue weighted by Gasteiger charge is 2.25. The molecule has 1 saturated heterocycles. The van der Waals surface area contributed by atoms with Crippen molar-refractivity contribution in [2.24, 2.45) is 0 Å². The summed E-state index contributed by atoms with van der Waals surface area (Å²) in [6.45, 7) is 2.43. The first kappa shape index (κ1) is 24.0. The van der Waals surface area contributed by atoms with Gasteiger partial charge in [0.1, 0.15) is 11.6 Å². The lowest BCUT2D eigenvalue weighted by atomic mass is 9.96. The Kier molecular flexibility index (Phi) is 7.28. The molecule has 1 fully saturated rings. The van der Waals surface area contributed by atoms with Gasteiger partial charge in [-0.1, -0.05) is 30.7 Å². The molecule has 7 heteroatoms. The molecular formula is C29H33N5O2. The van der Waals surface area contributed by atoms with E-state index in [-0.39, 0.29) is 0 Å². The van der Waals surface area contributed by atoms with Crippen molar-refractivity contribution < 1.29 is 9.47 Å². The zero-order chi connectivity index (χ0) is 24.9. The Hall–Kier alpha value is -3.71. The van der Waals surface area contributed by atoms with Crippen molar-refractivity contribution in [3.05, 3.63) is 83.9 Å². The topological polar surface area (TPSA) is 63.6 Å². The van der Waals surface area contributed by atoms with Gasteiger partial charge in [-0.05, 0) is 60.8 Å². The van der Waals surface area contributed by atoms with Crippen molar-refractivity contribution in [3.8, 4) is 11.5 Å². The van der Waals surface area contributed by atoms with Crippen LogP contribution in [0, 0.1) is 0 Å². The number of ether oxygens (including phenoxy) is 2. The predicted octanol–water partition coefficient (Wildman–Crippen LogP) is 5.41. The Bertz CT molecular complexity index is 1310. The molecule has 36 heavy (non-hydrogen) atoms. The zero-order valence-electron chi connectivity index (χ0n) is 21.2. The van der Waals surface area contributed by atoms with E-state index in [0.717, 1.165) is 52.6 Å². The zero-order valence-corrected chi connectivity index (χ0v) is 21.2. The van der Waals surface area contributed by atoms with Gasteiger partial charge in [-0.15, -0.1) is 0 Å². The third kappa shape index (κ3) is 5.11. The molecule has 1 aliphatic heterocycles. The van der Waals surface area contributed by atoms with Gasteiger partial charge in [-0.3, -0.25) is 9.88 Å². The fraction of sp³-hybridized carbons (Fsp3) is 0.345. The molecule has 0 radical (unpaired) electrons. The molecule has 0 saturated carbocycles. The monoisotopic (exact) mass is 483 g/mol. The van der Waals surface area contributed by atoms with Gasteiger partial charge in [0.25, 0.3) is 0 Å². The van der Waals surface area contributed by atoms with Crippen LogP contribution in [0.3, 0.4) is 0 Å². The van der Waals surface area contributed by atoms with Crippen LogP contribution in [0.25, 0.3) is 10.9 Å². The third-order valence-corrected chi connectivity index (χ3v) is 6.89. The summed E-state index contributed by atoms with van der Waals surface area (Å²) in [4.78, 5) is 19.1. The quantitative estimate of drug-likeness (QED) is 0.332. The molecule has 4 aromatic rings. The third-order valence-electron chi connectivity index (χ3n) is 6.89.